The summed E-state index contributed by atoms with van der Waals surface area (Å²) in [6, 6.07) is 4.59. The minimum Gasteiger partial charge on any atom is -0.298 e. The van der Waals surface area contributed by atoms with Crippen LogP contribution in [0.2, 0.25) is 5.02 Å². The van der Waals surface area contributed by atoms with Crippen LogP contribution in [-0.4, -0.2) is 23.3 Å². The summed E-state index contributed by atoms with van der Waals surface area (Å²) in [6.45, 7) is 4.92. The van der Waals surface area contributed by atoms with E-state index in [0.29, 0.717) is 5.02 Å². The molecule has 0 aliphatic heterocycles. The second-order valence-electron chi connectivity index (χ2n) is 3.70. The summed E-state index contributed by atoms with van der Waals surface area (Å²) in [5.41, 5.74) is 0.984. The average Bonchev–Trinajstić information content (AvgIpc) is 2.23. The first kappa shape index (κ1) is 13.9. The van der Waals surface area contributed by atoms with Crippen LogP contribution in [0, 0.1) is 5.82 Å². The third kappa shape index (κ3) is 4.40. The Morgan fingerprint density at radius 2 is 2.12 bits per heavy atom. The molecule has 0 atom stereocenters. The molecule has 0 heterocycles. The summed E-state index contributed by atoms with van der Waals surface area (Å²) in [4.78, 5) is 2.30. The van der Waals surface area contributed by atoms with Crippen LogP contribution in [0.25, 0.3) is 0 Å². The molecule has 0 aliphatic rings. The fourth-order valence-corrected chi connectivity index (χ4v) is 2.33. The average molecular weight is 309 g/mol. The Kier molecular flexibility index (Phi) is 6.32. The zero-order valence-electron chi connectivity index (χ0n) is 9.35. The van der Waals surface area contributed by atoms with E-state index in [9.17, 15) is 4.39 Å². The molecule has 1 nitrogen and oxygen atoms in total. The van der Waals surface area contributed by atoms with E-state index >= 15 is 0 Å². The van der Waals surface area contributed by atoms with Gasteiger partial charge in [0.2, 0.25) is 0 Å². The van der Waals surface area contributed by atoms with Crippen LogP contribution >= 0.6 is 27.5 Å². The third-order valence-corrected chi connectivity index (χ3v) is 3.06. The predicted molar refractivity (Wildman–Crippen MR) is 70.8 cm³/mol. The Morgan fingerprint density at radius 3 is 2.69 bits per heavy atom. The Balaban J connectivity index is 2.68. The van der Waals surface area contributed by atoms with E-state index in [0.717, 1.165) is 36.9 Å². The molecule has 0 fully saturated rings. The molecule has 90 valence electrons. The molecule has 0 N–H and O–H groups in total. The normalized spacial score (nSPS) is 11.1. The topological polar surface area (TPSA) is 3.24 Å². The van der Waals surface area contributed by atoms with Gasteiger partial charge in [0, 0.05) is 23.4 Å². The highest BCUT2D eigenvalue weighted by Crippen LogP contribution is 2.19. The van der Waals surface area contributed by atoms with Gasteiger partial charge in [-0.1, -0.05) is 40.5 Å². The highest BCUT2D eigenvalue weighted by molar-refractivity contribution is 9.09. The standard InChI is InChI=1S/C12H16BrClFN/c1-2-6-16(7-5-13)9-10-3-4-11(15)8-12(10)14/h3-4,8H,2,5-7,9H2,1H3. The first-order valence-electron chi connectivity index (χ1n) is 5.39. The van der Waals surface area contributed by atoms with Crippen LogP contribution in [0.1, 0.15) is 18.9 Å². The molecule has 4 heteroatoms. The zero-order chi connectivity index (χ0) is 12.0. The molecule has 0 saturated carbocycles. The molecule has 1 rings (SSSR count). The Hall–Kier alpha value is -0.120. The summed E-state index contributed by atoms with van der Waals surface area (Å²) in [5.74, 6) is -0.281. The summed E-state index contributed by atoms with van der Waals surface area (Å²) in [6.07, 6.45) is 1.10. The molecular formula is C12H16BrClFN. The monoisotopic (exact) mass is 307 g/mol. The van der Waals surface area contributed by atoms with Gasteiger partial charge in [-0.2, -0.15) is 0 Å². The molecule has 0 amide bonds. The van der Waals surface area contributed by atoms with E-state index < -0.39 is 0 Å². The predicted octanol–water partition coefficient (Wildman–Crippen LogP) is 4.09. The summed E-state index contributed by atoms with van der Waals surface area (Å²) in [5, 5.41) is 1.45. The smallest absolute Gasteiger partial charge is 0.124 e. The van der Waals surface area contributed by atoms with Crippen molar-refractivity contribution in [2.24, 2.45) is 0 Å². The van der Waals surface area contributed by atoms with Crippen LogP contribution in [0.3, 0.4) is 0 Å². The lowest BCUT2D eigenvalue weighted by atomic mass is 10.2. The SMILES string of the molecule is CCCN(CCBr)Cc1ccc(F)cc1Cl. The Bertz CT molecular complexity index is 327. The van der Waals surface area contributed by atoms with Gasteiger partial charge >= 0.3 is 0 Å². The van der Waals surface area contributed by atoms with Crippen molar-refractivity contribution in [3.63, 3.8) is 0 Å². The maximum Gasteiger partial charge on any atom is 0.124 e. The van der Waals surface area contributed by atoms with E-state index in [2.05, 4.69) is 27.8 Å². The third-order valence-electron chi connectivity index (χ3n) is 2.35. The highest BCUT2D eigenvalue weighted by atomic mass is 79.9. The van der Waals surface area contributed by atoms with Gasteiger partial charge in [-0.05, 0) is 30.7 Å². The molecule has 0 saturated heterocycles. The van der Waals surface area contributed by atoms with Crippen molar-refractivity contribution in [2.75, 3.05) is 18.4 Å². The maximum absolute atomic E-state index is 12.9. The van der Waals surface area contributed by atoms with Crippen molar-refractivity contribution in [3.8, 4) is 0 Å². The number of rotatable bonds is 6. The Labute approximate surface area is 110 Å². The van der Waals surface area contributed by atoms with Crippen molar-refractivity contribution in [1.29, 1.82) is 0 Å². The molecule has 0 bridgehead atoms. The van der Waals surface area contributed by atoms with Crippen LogP contribution in [0.4, 0.5) is 4.39 Å². The number of hydrogen-bond acceptors (Lipinski definition) is 1. The van der Waals surface area contributed by atoms with Gasteiger partial charge in [-0.15, -0.1) is 0 Å². The van der Waals surface area contributed by atoms with Gasteiger partial charge in [0.05, 0.1) is 0 Å². The lowest BCUT2D eigenvalue weighted by Gasteiger charge is -2.21. The molecule has 1 aromatic carbocycles. The largest absolute Gasteiger partial charge is 0.298 e. The highest BCUT2D eigenvalue weighted by Gasteiger charge is 2.07. The second kappa shape index (κ2) is 7.25. The van der Waals surface area contributed by atoms with Crippen molar-refractivity contribution in [2.45, 2.75) is 19.9 Å². The fraction of sp³-hybridized carbons (Fsp3) is 0.500. The number of halogens is 3. The van der Waals surface area contributed by atoms with E-state index in [4.69, 9.17) is 11.6 Å². The molecule has 0 spiro atoms. The summed E-state index contributed by atoms with van der Waals surface area (Å²) in [7, 11) is 0. The second-order valence-corrected chi connectivity index (χ2v) is 4.90. The number of alkyl halides is 1. The first-order chi connectivity index (χ1) is 7.67. The summed E-state index contributed by atoms with van der Waals surface area (Å²) < 4.78 is 12.9. The van der Waals surface area contributed by atoms with Crippen molar-refractivity contribution in [1.82, 2.24) is 4.90 Å². The van der Waals surface area contributed by atoms with Crippen molar-refractivity contribution in [3.05, 3.63) is 34.6 Å². The van der Waals surface area contributed by atoms with Gasteiger partial charge in [0.15, 0.2) is 0 Å². The van der Waals surface area contributed by atoms with Crippen molar-refractivity contribution >= 4 is 27.5 Å². The molecule has 16 heavy (non-hydrogen) atoms. The molecule has 0 radical (unpaired) electrons. The van der Waals surface area contributed by atoms with E-state index in [1.54, 1.807) is 6.07 Å². The van der Waals surface area contributed by atoms with Crippen LogP contribution in [0.15, 0.2) is 18.2 Å². The zero-order valence-corrected chi connectivity index (χ0v) is 11.7. The van der Waals surface area contributed by atoms with Gasteiger partial charge in [0.1, 0.15) is 5.82 Å². The molecular weight excluding hydrogens is 292 g/mol. The van der Waals surface area contributed by atoms with E-state index in [-0.39, 0.29) is 5.82 Å². The van der Waals surface area contributed by atoms with Gasteiger partial charge < -0.3 is 0 Å². The lowest BCUT2D eigenvalue weighted by Crippen LogP contribution is -2.26. The van der Waals surface area contributed by atoms with Crippen LogP contribution < -0.4 is 0 Å². The molecule has 0 aliphatic carbocycles. The first-order valence-corrected chi connectivity index (χ1v) is 6.89. The van der Waals surface area contributed by atoms with Crippen molar-refractivity contribution < 1.29 is 4.39 Å². The quantitative estimate of drug-likeness (QED) is 0.716. The Morgan fingerprint density at radius 1 is 1.38 bits per heavy atom. The van der Waals surface area contributed by atoms with Crippen LogP contribution in [0.5, 0.6) is 0 Å². The minimum absolute atomic E-state index is 0.281. The molecule has 0 unspecified atom stereocenters. The van der Waals surface area contributed by atoms with Gasteiger partial charge in [0.25, 0.3) is 0 Å². The van der Waals surface area contributed by atoms with E-state index in [1.165, 1.54) is 12.1 Å². The number of benzene rings is 1. The van der Waals surface area contributed by atoms with Gasteiger partial charge in [-0.25, -0.2) is 4.39 Å². The molecule has 1 aromatic rings. The fourth-order valence-electron chi connectivity index (χ4n) is 1.60. The van der Waals surface area contributed by atoms with E-state index in [1.807, 2.05) is 0 Å². The number of nitrogens with zero attached hydrogens (tertiary/aromatic N) is 1. The van der Waals surface area contributed by atoms with Gasteiger partial charge in [-0.3, -0.25) is 4.90 Å². The maximum atomic E-state index is 12.9. The lowest BCUT2D eigenvalue weighted by molar-refractivity contribution is 0.283. The minimum atomic E-state index is -0.281. The molecule has 0 aromatic heterocycles. The number of hydrogen-bond donors (Lipinski definition) is 0. The van der Waals surface area contributed by atoms with Crippen LogP contribution in [-0.2, 0) is 6.54 Å². The summed E-state index contributed by atoms with van der Waals surface area (Å²) >= 11 is 9.42.